The van der Waals surface area contributed by atoms with Crippen molar-refractivity contribution in [3.05, 3.63) is 53.9 Å². The molecule has 0 amide bonds. The maximum atomic E-state index is 13.1. The van der Waals surface area contributed by atoms with Gasteiger partial charge < -0.3 is 9.42 Å². The van der Waals surface area contributed by atoms with Crippen LogP contribution in [0, 0.1) is 12.7 Å². The zero-order valence-corrected chi connectivity index (χ0v) is 15.3. The number of aromatic nitrogens is 6. The molecule has 1 aliphatic heterocycles. The van der Waals surface area contributed by atoms with Gasteiger partial charge in [-0.1, -0.05) is 5.16 Å². The van der Waals surface area contributed by atoms with Crippen molar-refractivity contribution in [3.63, 3.8) is 0 Å². The van der Waals surface area contributed by atoms with Gasteiger partial charge in [0.25, 0.3) is 0 Å². The summed E-state index contributed by atoms with van der Waals surface area (Å²) >= 11 is 0. The van der Waals surface area contributed by atoms with Crippen LogP contribution in [0.1, 0.15) is 30.5 Å². The standard InChI is InChI=1S/C19H18FN7O/c1-12-21-16-8-9-17(24-27(16)23-12)26-10-2-3-14(11-26)19-22-18(25-28-19)13-4-6-15(20)7-5-13/h4-9,14H,2-3,10-11H2,1H3. The van der Waals surface area contributed by atoms with E-state index in [0.717, 1.165) is 43.0 Å². The molecular weight excluding hydrogens is 361 g/mol. The van der Waals surface area contributed by atoms with E-state index in [2.05, 4.69) is 30.2 Å². The van der Waals surface area contributed by atoms with Crippen molar-refractivity contribution in [2.24, 2.45) is 0 Å². The van der Waals surface area contributed by atoms with Crippen LogP contribution in [0.15, 0.2) is 40.9 Å². The van der Waals surface area contributed by atoms with E-state index in [-0.39, 0.29) is 11.7 Å². The molecule has 9 heteroatoms. The van der Waals surface area contributed by atoms with Crippen molar-refractivity contribution in [3.8, 4) is 11.4 Å². The van der Waals surface area contributed by atoms with Crippen molar-refractivity contribution in [1.82, 2.24) is 30.0 Å². The Labute approximate surface area is 160 Å². The van der Waals surface area contributed by atoms with Gasteiger partial charge in [-0.25, -0.2) is 9.37 Å². The highest BCUT2D eigenvalue weighted by Crippen LogP contribution is 2.29. The summed E-state index contributed by atoms with van der Waals surface area (Å²) < 4.78 is 20.2. The monoisotopic (exact) mass is 379 g/mol. The topological polar surface area (TPSA) is 85.2 Å². The third-order valence-electron chi connectivity index (χ3n) is 4.94. The Morgan fingerprint density at radius 1 is 1.07 bits per heavy atom. The molecule has 5 rings (SSSR count). The first-order valence-electron chi connectivity index (χ1n) is 9.21. The van der Waals surface area contributed by atoms with Crippen LogP contribution in [0.5, 0.6) is 0 Å². The molecule has 1 unspecified atom stereocenters. The number of anilines is 1. The van der Waals surface area contributed by atoms with Gasteiger partial charge in [0.2, 0.25) is 11.7 Å². The third-order valence-corrected chi connectivity index (χ3v) is 4.94. The first kappa shape index (κ1) is 16.8. The van der Waals surface area contributed by atoms with Crippen molar-refractivity contribution in [1.29, 1.82) is 0 Å². The smallest absolute Gasteiger partial charge is 0.231 e. The molecule has 1 atom stereocenters. The fourth-order valence-electron chi connectivity index (χ4n) is 3.55. The summed E-state index contributed by atoms with van der Waals surface area (Å²) in [5.74, 6) is 2.44. The van der Waals surface area contributed by atoms with Gasteiger partial charge >= 0.3 is 0 Å². The highest BCUT2D eigenvalue weighted by Gasteiger charge is 2.27. The lowest BCUT2D eigenvalue weighted by Gasteiger charge is -2.31. The van der Waals surface area contributed by atoms with Crippen molar-refractivity contribution >= 4 is 11.5 Å². The maximum Gasteiger partial charge on any atom is 0.231 e. The maximum absolute atomic E-state index is 13.1. The number of aryl methyl sites for hydroxylation is 1. The number of nitrogens with zero attached hydrogens (tertiary/aromatic N) is 7. The van der Waals surface area contributed by atoms with Gasteiger partial charge in [0.15, 0.2) is 11.5 Å². The quantitative estimate of drug-likeness (QED) is 0.541. The fourth-order valence-corrected chi connectivity index (χ4v) is 3.55. The number of halogens is 1. The lowest BCUT2D eigenvalue weighted by atomic mass is 9.98. The summed E-state index contributed by atoms with van der Waals surface area (Å²) in [7, 11) is 0. The van der Waals surface area contributed by atoms with Crippen LogP contribution in [0.2, 0.25) is 0 Å². The number of hydrogen-bond donors (Lipinski definition) is 0. The summed E-state index contributed by atoms with van der Waals surface area (Å²) in [6, 6.07) is 9.96. The first-order chi connectivity index (χ1) is 13.7. The normalized spacial score (nSPS) is 17.4. The van der Waals surface area contributed by atoms with Gasteiger partial charge in [-0.05, 0) is 56.2 Å². The van der Waals surface area contributed by atoms with Crippen LogP contribution in [0.25, 0.3) is 17.0 Å². The molecule has 0 aliphatic carbocycles. The van der Waals surface area contributed by atoms with E-state index < -0.39 is 0 Å². The molecule has 0 spiro atoms. The number of hydrogen-bond acceptors (Lipinski definition) is 7. The van der Waals surface area contributed by atoms with Crippen LogP contribution in [-0.2, 0) is 0 Å². The second kappa shape index (κ2) is 6.66. The molecule has 0 radical (unpaired) electrons. The Balaban J connectivity index is 1.37. The summed E-state index contributed by atoms with van der Waals surface area (Å²) in [6.45, 7) is 3.48. The Morgan fingerprint density at radius 3 is 2.79 bits per heavy atom. The van der Waals surface area contributed by atoms with Gasteiger partial charge in [-0.15, -0.1) is 14.8 Å². The Morgan fingerprint density at radius 2 is 1.93 bits per heavy atom. The Kier molecular flexibility index (Phi) is 4.00. The number of piperidine rings is 1. The average Bonchev–Trinajstić information content (AvgIpc) is 3.34. The lowest BCUT2D eigenvalue weighted by molar-refractivity contribution is 0.333. The van der Waals surface area contributed by atoms with Crippen LogP contribution in [-0.4, -0.2) is 43.0 Å². The van der Waals surface area contributed by atoms with Crippen LogP contribution < -0.4 is 4.90 Å². The van der Waals surface area contributed by atoms with E-state index in [0.29, 0.717) is 17.5 Å². The molecule has 1 fully saturated rings. The van der Waals surface area contributed by atoms with Crippen LogP contribution in [0.3, 0.4) is 0 Å². The predicted octanol–water partition coefficient (Wildman–Crippen LogP) is 3.01. The third kappa shape index (κ3) is 3.08. The summed E-state index contributed by atoms with van der Waals surface area (Å²) in [5.41, 5.74) is 1.47. The largest absolute Gasteiger partial charge is 0.354 e. The zero-order chi connectivity index (χ0) is 19.1. The zero-order valence-electron chi connectivity index (χ0n) is 15.3. The number of rotatable bonds is 3. The SMILES string of the molecule is Cc1nc2ccc(N3CCCC(c4nc(-c5ccc(F)cc5)no4)C3)nn2n1. The van der Waals surface area contributed by atoms with E-state index in [1.165, 1.54) is 12.1 Å². The molecule has 1 saturated heterocycles. The molecule has 1 aromatic carbocycles. The molecule has 4 heterocycles. The van der Waals surface area contributed by atoms with E-state index in [9.17, 15) is 4.39 Å². The molecule has 142 valence electrons. The van der Waals surface area contributed by atoms with Crippen molar-refractivity contribution in [2.45, 2.75) is 25.7 Å². The highest BCUT2D eigenvalue weighted by atomic mass is 19.1. The molecule has 28 heavy (non-hydrogen) atoms. The van der Waals surface area contributed by atoms with Gasteiger partial charge in [-0.3, -0.25) is 0 Å². The van der Waals surface area contributed by atoms with Crippen LogP contribution in [0.4, 0.5) is 10.2 Å². The molecule has 0 saturated carbocycles. The molecule has 4 aromatic rings. The highest BCUT2D eigenvalue weighted by molar-refractivity contribution is 5.54. The van der Waals surface area contributed by atoms with E-state index in [1.807, 2.05) is 19.1 Å². The molecule has 0 bridgehead atoms. The first-order valence-corrected chi connectivity index (χ1v) is 9.21. The minimum Gasteiger partial charge on any atom is -0.354 e. The molecule has 3 aromatic heterocycles. The summed E-state index contributed by atoms with van der Waals surface area (Å²) in [4.78, 5) is 11.1. The summed E-state index contributed by atoms with van der Waals surface area (Å²) in [6.07, 6.45) is 1.96. The van der Waals surface area contributed by atoms with Crippen LogP contribution >= 0.6 is 0 Å². The van der Waals surface area contributed by atoms with Crippen molar-refractivity contribution in [2.75, 3.05) is 18.0 Å². The van der Waals surface area contributed by atoms with Gasteiger partial charge in [-0.2, -0.15) is 4.98 Å². The second-order valence-electron chi connectivity index (χ2n) is 6.95. The number of benzene rings is 1. The van der Waals surface area contributed by atoms with E-state index in [1.54, 1.807) is 16.8 Å². The minimum absolute atomic E-state index is 0.116. The van der Waals surface area contributed by atoms with Gasteiger partial charge in [0, 0.05) is 18.7 Å². The Hall–Kier alpha value is -3.36. The van der Waals surface area contributed by atoms with E-state index >= 15 is 0 Å². The van der Waals surface area contributed by atoms with Gasteiger partial charge in [0.1, 0.15) is 11.6 Å². The average molecular weight is 379 g/mol. The molecular formula is C19H18FN7O. The summed E-state index contributed by atoms with van der Waals surface area (Å²) in [5, 5.41) is 12.9. The fraction of sp³-hybridized carbons (Fsp3) is 0.316. The van der Waals surface area contributed by atoms with Crippen molar-refractivity contribution < 1.29 is 8.91 Å². The minimum atomic E-state index is -0.289. The molecule has 0 N–H and O–H groups in total. The molecule has 8 nitrogen and oxygen atoms in total. The second-order valence-corrected chi connectivity index (χ2v) is 6.95. The lowest BCUT2D eigenvalue weighted by Crippen LogP contribution is -2.35. The number of fused-ring (bicyclic) bond motifs is 1. The van der Waals surface area contributed by atoms with E-state index in [4.69, 9.17) is 4.52 Å². The molecule has 1 aliphatic rings. The predicted molar refractivity (Wildman–Crippen MR) is 99.4 cm³/mol. The van der Waals surface area contributed by atoms with Gasteiger partial charge in [0.05, 0.1) is 5.92 Å². The Bertz CT molecular complexity index is 1120.